The maximum absolute atomic E-state index is 14.0. The summed E-state index contributed by atoms with van der Waals surface area (Å²) in [4.78, 5) is -0.949. The minimum atomic E-state index is -4.45. The van der Waals surface area contributed by atoms with Crippen molar-refractivity contribution in [3.05, 3.63) is 65.2 Å². The van der Waals surface area contributed by atoms with Gasteiger partial charge in [0, 0.05) is 25.7 Å². The molecule has 0 amide bonds. The van der Waals surface area contributed by atoms with Gasteiger partial charge in [-0.25, -0.2) is 26.0 Å². The third-order valence-corrected chi connectivity index (χ3v) is 5.91. The van der Waals surface area contributed by atoms with Crippen LogP contribution in [-0.2, 0) is 10.0 Å². The average Bonchev–Trinajstić information content (AvgIpc) is 2.58. The second-order valence-corrected chi connectivity index (χ2v) is 7.45. The summed E-state index contributed by atoms with van der Waals surface area (Å²) in [5.74, 6) is -4.86. The molecular weight excluding hydrogens is 360 g/mol. The molecule has 0 bridgehead atoms. The Hall–Kier alpha value is -1.97. The van der Waals surface area contributed by atoms with Crippen molar-refractivity contribution < 1.29 is 26.0 Å². The topological polar surface area (TPSA) is 49.4 Å². The Morgan fingerprint density at radius 3 is 2.44 bits per heavy atom. The lowest BCUT2D eigenvalue weighted by Gasteiger charge is -2.35. The number of rotatable bonds is 3. The molecule has 2 aromatic rings. The fourth-order valence-electron chi connectivity index (χ4n) is 2.80. The molecule has 1 saturated heterocycles. The SMILES string of the molecule is O=S(=O)(c1cc(F)c(F)cc1F)N1CCNCC1c1cccc(F)c1. The largest absolute Gasteiger partial charge is 0.313 e. The molecule has 1 unspecified atom stereocenters. The molecule has 0 aromatic heterocycles. The van der Waals surface area contributed by atoms with Gasteiger partial charge < -0.3 is 5.32 Å². The number of benzene rings is 2. The van der Waals surface area contributed by atoms with Gasteiger partial charge in [0.25, 0.3) is 0 Å². The predicted octanol–water partition coefficient (Wildman–Crippen LogP) is 2.58. The normalized spacial score (nSPS) is 19.1. The maximum atomic E-state index is 14.0. The Bertz CT molecular complexity index is 905. The number of piperazine rings is 1. The minimum absolute atomic E-state index is 0.0258. The van der Waals surface area contributed by atoms with Crippen LogP contribution in [0.15, 0.2) is 41.3 Å². The van der Waals surface area contributed by atoms with Gasteiger partial charge in [-0.05, 0) is 23.8 Å². The van der Waals surface area contributed by atoms with E-state index < -0.39 is 44.2 Å². The van der Waals surface area contributed by atoms with Gasteiger partial charge >= 0.3 is 0 Å². The van der Waals surface area contributed by atoms with E-state index in [4.69, 9.17) is 0 Å². The summed E-state index contributed by atoms with van der Waals surface area (Å²) in [5.41, 5.74) is 0.374. The van der Waals surface area contributed by atoms with E-state index in [1.54, 1.807) is 6.07 Å². The zero-order valence-corrected chi connectivity index (χ0v) is 13.7. The zero-order valence-electron chi connectivity index (χ0n) is 12.8. The molecule has 0 spiro atoms. The van der Waals surface area contributed by atoms with Crippen molar-refractivity contribution in [3.63, 3.8) is 0 Å². The highest BCUT2D eigenvalue weighted by Gasteiger charge is 2.36. The molecule has 3 rings (SSSR count). The Balaban J connectivity index is 2.06. The van der Waals surface area contributed by atoms with Gasteiger partial charge in [0.05, 0.1) is 6.04 Å². The van der Waals surface area contributed by atoms with Gasteiger partial charge in [0.2, 0.25) is 10.0 Å². The lowest BCUT2D eigenvalue weighted by atomic mass is 10.1. The molecule has 1 fully saturated rings. The summed E-state index contributed by atoms with van der Waals surface area (Å²) in [6.45, 7) is 0.437. The molecule has 0 radical (unpaired) electrons. The highest BCUT2D eigenvalue weighted by atomic mass is 32.2. The zero-order chi connectivity index (χ0) is 18.2. The summed E-state index contributed by atoms with van der Waals surface area (Å²) < 4.78 is 80.6. The number of nitrogens with zero attached hydrogens (tertiary/aromatic N) is 1. The van der Waals surface area contributed by atoms with E-state index in [1.807, 2.05) is 0 Å². The standard InChI is InChI=1S/C16H14F4N2O2S/c17-11-3-1-2-10(6-11)15-9-21-4-5-22(15)25(23,24)16-8-13(19)12(18)7-14(16)20/h1-3,6-8,15,21H,4-5,9H2. The van der Waals surface area contributed by atoms with Crippen molar-refractivity contribution in [3.8, 4) is 0 Å². The molecule has 4 nitrogen and oxygen atoms in total. The highest BCUT2D eigenvalue weighted by molar-refractivity contribution is 7.89. The first kappa shape index (κ1) is 17.8. The van der Waals surface area contributed by atoms with Crippen LogP contribution in [0.4, 0.5) is 17.6 Å². The van der Waals surface area contributed by atoms with Crippen LogP contribution >= 0.6 is 0 Å². The second-order valence-electron chi connectivity index (χ2n) is 5.59. The third kappa shape index (κ3) is 3.39. The number of hydrogen-bond donors (Lipinski definition) is 1. The first-order valence-corrected chi connectivity index (χ1v) is 8.87. The fraction of sp³-hybridized carbons (Fsp3) is 0.250. The quantitative estimate of drug-likeness (QED) is 0.664. The van der Waals surface area contributed by atoms with Gasteiger partial charge in [-0.3, -0.25) is 0 Å². The number of hydrogen-bond acceptors (Lipinski definition) is 3. The van der Waals surface area contributed by atoms with Crippen molar-refractivity contribution in [1.82, 2.24) is 9.62 Å². The highest BCUT2D eigenvalue weighted by Crippen LogP contribution is 2.31. The fourth-order valence-corrected chi connectivity index (χ4v) is 4.47. The van der Waals surface area contributed by atoms with Gasteiger partial charge in [-0.2, -0.15) is 4.31 Å². The molecule has 1 aliphatic heterocycles. The molecule has 0 saturated carbocycles. The van der Waals surface area contributed by atoms with Gasteiger partial charge in [0.1, 0.15) is 16.5 Å². The summed E-state index contributed by atoms with van der Waals surface area (Å²) in [6, 6.07) is 5.09. The summed E-state index contributed by atoms with van der Waals surface area (Å²) in [7, 11) is -4.45. The Kier molecular flexibility index (Phi) is 4.81. The smallest absolute Gasteiger partial charge is 0.246 e. The minimum Gasteiger partial charge on any atom is -0.313 e. The molecule has 134 valence electrons. The van der Waals surface area contributed by atoms with Gasteiger partial charge in [0.15, 0.2) is 11.6 Å². The van der Waals surface area contributed by atoms with E-state index >= 15 is 0 Å². The van der Waals surface area contributed by atoms with Crippen molar-refractivity contribution in [1.29, 1.82) is 0 Å². The van der Waals surface area contributed by atoms with Crippen molar-refractivity contribution in [2.45, 2.75) is 10.9 Å². The molecule has 0 aliphatic carbocycles. The van der Waals surface area contributed by atoms with E-state index in [0.717, 1.165) is 4.31 Å². The predicted molar refractivity (Wildman–Crippen MR) is 82.2 cm³/mol. The number of halogens is 4. The van der Waals surface area contributed by atoms with E-state index in [1.165, 1.54) is 18.2 Å². The van der Waals surface area contributed by atoms with Crippen LogP contribution in [0.5, 0.6) is 0 Å². The lowest BCUT2D eigenvalue weighted by molar-refractivity contribution is 0.270. The molecule has 9 heteroatoms. The number of sulfonamides is 1. The van der Waals surface area contributed by atoms with E-state index in [0.29, 0.717) is 11.6 Å². The number of nitrogens with one attached hydrogen (secondary N) is 1. The van der Waals surface area contributed by atoms with Crippen LogP contribution in [0.2, 0.25) is 0 Å². The second kappa shape index (κ2) is 6.74. The average molecular weight is 374 g/mol. The Morgan fingerprint density at radius 2 is 1.72 bits per heavy atom. The van der Waals surface area contributed by atoms with Gasteiger partial charge in [-0.15, -0.1) is 0 Å². The van der Waals surface area contributed by atoms with E-state index in [9.17, 15) is 26.0 Å². The molecule has 1 atom stereocenters. The maximum Gasteiger partial charge on any atom is 0.246 e. The van der Waals surface area contributed by atoms with Crippen LogP contribution in [0.25, 0.3) is 0 Å². The van der Waals surface area contributed by atoms with Crippen LogP contribution in [0.1, 0.15) is 11.6 Å². The third-order valence-electron chi connectivity index (χ3n) is 3.99. The van der Waals surface area contributed by atoms with Crippen LogP contribution in [0.3, 0.4) is 0 Å². The molecular formula is C16H14F4N2O2S. The first-order chi connectivity index (χ1) is 11.8. The van der Waals surface area contributed by atoms with Crippen molar-refractivity contribution in [2.24, 2.45) is 0 Å². The summed E-state index contributed by atoms with van der Waals surface area (Å²) in [5, 5.41) is 2.99. The monoisotopic (exact) mass is 374 g/mol. The van der Waals surface area contributed by atoms with Gasteiger partial charge in [-0.1, -0.05) is 12.1 Å². The molecule has 1 N–H and O–H groups in total. The van der Waals surface area contributed by atoms with Crippen molar-refractivity contribution in [2.75, 3.05) is 19.6 Å². The van der Waals surface area contributed by atoms with E-state index in [2.05, 4.69) is 5.32 Å². The molecule has 2 aromatic carbocycles. The van der Waals surface area contributed by atoms with Crippen LogP contribution < -0.4 is 5.32 Å². The Labute approximate surface area is 142 Å². The summed E-state index contributed by atoms with van der Waals surface area (Å²) >= 11 is 0. The molecule has 1 aliphatic rings. The first-order valence-electron chi connectivity index (χ1n) is 7.43. The summed E-state index contributed by atoms with van der Waals surface area (Å²) in [6.07, 6.45) is 0. The molecule has 25 heavy (non-hydrogen) atoms. The van der Waals surface area contributed by atoms with E-state index in [-0.39, 0.29) is 25.7 Å². The lowest BCUT2D eigenvalue weighted by Crippen LogP contribution is -2.48. The van der Waals surface area contributed by atoms with Crippen molar-refractivity contribution >= 4 is 10.0 Å². The van der Waals surface area contributed by atoms with Crippen LogP contribution in [0, 0.1) is 23.3 Å². The van der Waals surface area contributed by atoms with Crippen LogP contribution in [-0.4, -0.2) is 32.4 Å². The molecule has 1 heterocycles. The Morgan fingerprint density at radius 1 is 1.00 bits per heavy atom.